The second kappa shape index (κ2) is 7.61. The van der Waals surface area contributed by atoms with Gasteiger partial charge >= 0.3 is 6.03 Å². The molecule has 98 valence electrons. The number of urea groups is 1. The maximum absolute atomic E-state index is 11.6. The average molecular weight is 258 g/mol. The molecule has 0 radical (unpaired) electrons. The Morgan fingerprint density at radius 2 is 2.18 bits per heavy atom. The molecule has 5 heteroatoms. The fourth-order valence-corrected chi connectivity index (χ4v) is 2.64. The second-order valence-electron chi connectivity index (χ2n) is 4.39. The van der Waals surface area contributed by atoms with Gasteiger partial charge < -0.3 is 15.7 Å². The SMILES string of the molecule is C=CCSCCNC(=O)NC1(CO)CCCC1. The van der Waals surface area contributed by atoms with Crippen molar-refractivity contribution in [2.45, 2.75) is 31.2 Å². The molecule has 0 unspecified atom stereocenters. The van der Waals surface area contributed by atoms with Gasteiger partial charge in [0.05, 0.1) is 12.1 Å². The van der Waals surface area contributed by atoms with E-state index in [9.17, 15) is 9.90 Å². The minimum atomic E-state index is -0.377. The van der Waals surface area contributed by atoms with Gasteiger partial charge in [0, 0.05) is 18.1 Å². The molecule has 1 fully saturated rings. The zero-order valence-electron chi connectivity index (χ0n) is 10.2. The molecule has 2 amide bonds. The fraction of sp³-hybridized carbons (Fsp3) is 0.750. The second-order valence-corrected chi connectivity index (χ2v) is 5.54. The van der Waals surface area contributed by atoms with Crippen LogP contribution >= 0.6 is 11.8 Å². The van der Waals surface area contributed by atoms with Crippen LogP contribution in [-0.2, 0) is 0 Å². The number of hydrogen-bond donors (Lipinski definition) is 3. The summed E-state index contributed by atoms with van der Waals surface area (Å²) < 4.78 is 0. The Morgan fingerprint density at radius 3 is 2.76 bits per heavy atom. The summed E-state index contributed by atoms with van der Waals surface area (Å²) in [5.74, 6) is 1.79. The monoisotopic (exact) mass is 258 g/mol. The highest BCUT2D eigenvalue weighted by molar-refractivity contribution is 7.99. The number of aliphatic hydroxyl groups is 1. The van der Waals surface area contributed by atoms with E-state index in [4.69, 9.17) is 0 Å². The van der Waals surface area contributed by atoms with Crippen LogP contribution in [0.15, 0.2) is 12.7 Å². The molecule has 0 aromatic rings. The molecule has 0 bridgehead atoms. The quantitative estimate of drug-likeness (QED) is 0.479. The summed E-state index contributed by atoms with van der Waals surface area (Å²) >= 11 is 1.73. The Balaban J connectivity index is 2.17. The fourth-order valence-electron chi connectivity index (χ4n) is 2.06. The van der Waals surface area contributed by atoms with Gasteiger partial charge in [-0.3, -0.25) is 0 Å². The highest BCUT2D eigenvalue weighted by atomic mass is 32.2. The van der Waals surface area contributed by atoms with Gasteiger partial charge in [0.15, 0.2) is 0 Å². The molecule has 0 aromatic heterocycles. The van der Waals surface area contributed by atoms with Crippen LogP contribution in [0.1, 0.15) is 25.7 Å². The molecule has 1 aliphatic rings. The molecule has 0 saturated heterocycles. The molecule has 0 heterocycles. The minimum Gasteiger partial charge on any atom is -0.394 e. The van der Waals surface area contributed by atoms with E-state index < -0.39 is 0 Å². The first-order valence-corrected chi connectivity index (χ1v) is 7.23. The molecular formula is C12H22N2O2S. The summed E-state index contributed by atoms with van der Waals surface area (Å²) in [6, 6.07) is -0.167. The Bertz CT molecular complexity index is 253. The van der Waals surface area contributed by atoms with Crippen LogP contribution in [0.2, 0.25) is 0 Å². The van der Waals surface area contributed by atoms with E-state index >= 15 is 0 Å². The third-order valence-corrected chi connectivity index (χ3v) is 3.97. The molecule has 1 saturated carbocycles. The lowest BCUT2D eigenvalue weighted by Gasteiger charge is -2.27. The number of rotatable bonds is 7. The first-order valence-electron chi connectivity index (χ1n) is 6.08. The van der Waals surface area contributed by atoms with Gasteiger partial charge in [0.25, 0.3) is 0 Å². The first-order chi connectivity index (χ1) is 8.22. The van der Waals surface area contributed by atoms with Gasteiger partial charge in [-0.25, -0.2) is 4.79 Å². The van der Waals surface area contributed by atoms with E-state index in [0.29, 0.717) is 6.54 Å². The summed E-state index contributed by atoms with van der Waals surface area (Å²) in [5.41, 5.74) is -0.377. The molecule has 0 aromatic carbocycles. The molecule has 4 nitrogen and oxygen atoms in total. The molecule has 0 atom stereocenters. The van der Waals surface area contributed by atoms with Crippen molar-refractivity contribution in [1.82, 2.24) is 10.6 Å². The largest absolute Gasteiger partial charge is 0.394 e. The Kier molecular flexibility index (Phi) is 6.44. The number of aliphatic hydroxyl groups excluding tert-OH is 1. The lowest BCUT2D eigenvalue weighted by molar-refractivity contribution is 0.163. The maximum Gasteiger partial charge on any atom is 0.315 e. The molecular weight excluding hydrogens is 236 g/mol. The van der Waals surface area contributed by atoms with Gasteiger partial charge in [-0.15, -0.1) is 6.58 Å². The average Bonchev–Trinajstić information content (AvgIpc) is 2.78. The van der Waals surface area contributed by atoms with Gasteiger partial charge in [-0.1, -0.05) is 18.9 Å². The zero-order chi connectivity index (χ0) is 12.6. The van der Waals surface area contributed by atoms with E-state index in [2.05, 4.69) is 17.2 Å². The number of hydrogen-bond acceptors (Lipinski definition) is 3. The van der Waals surface area contributed by atoms with Gasteiger partial charge in [0.2, 0.25) is 0 Å². The molecule has 1 aliphatic carbocycles. The van der Waals surface area contributed by atoms with Crippen molar-refractivity contribution in [3.8, 4) is 0 Å². The Labute approximate surface area is 107 Å². The van der Waals surface area contributed by atoms with Crippen LogP contribution in [0.4, 0.5) is 4.79 Å². The van der Waals surface area contributed by atoms with E-state index in [-0.39, 0.29) is 18.2 Å². The third kappa shape index (κ3) is 5.00. The number of thioether (sulfide) groups is 1. The zero-order valence-corrected chi connectivity index (χ0v) is 11.0. The number of carbonyl (C=O) groups is 1. The predicted molar refractivity (Wildman–Crippen MR) is 72.3 cm³/mol. The first kappa shape index (κ1) is 14.4. The van der Waals surface area contributed by atoms with E-state index in [1.165, 1.54) is 0 Å². The van der Waals surface area contributed by atoms with Crippen LogP contribution in [0, 0.1) is 0 Å². The highest BCUT2D eigenvalue weighted by Crippen LogP contribution is 2.28. The van der Waals surface area contributed by atoms with Crippen molar-refractivity contribution in [2.24, 2.45) is 0 Å². The van der Waals surface area contributed by atoms with Gasteiger partial charge in [0.1, 0.15) is 0 Å². The summed E-state index contributed by atoms with van der Waals surface area (Å²) in [5, 5.41) is 15.1. The number of amides is 2. The van der Waals surface area contributed by atoms with Crippen molar-refractivity contribution in [3.63, 3.8) is 0 Å². The van der Waals surface area contributed by atoms with Gasteiger partial charge in [-0.2, -0.15) is 11.8 Å². The Hall–Kier alpha value is -0.680. The van der Waals surface area contributed by atoms with Crippen molar-refractivity contribution in [3.05, 3.63) is 12.7 Å². The van der Waals surface area contributed by atoms with Crippen LogP contribution in [0.3, 0.4) is 0 Å². The molecule has 0 spiro atoms. The predicted octanol–water partition coefficient (Wildman–Crippen LogP) is 1.51. The van der Waals surface area contributed by atoms with Crippen LogP contribution in [0.5, 0.6) is 0 Å². The summed E-state index contributed by atoms with van der Waals surface area (Å²) in [4.78, 5) is 11.6. The van der Waals surface area contributed by atoms with Crippen molar-refractivity contribution in [1.29, 1.82) is 0 Å². The summed E-state index contributed by atoms with van der Waals surface area (Å²) in [6.07, 6.45) is 5.76. The highest BCUT2D eigenvalue weighted by Gasteiger charge is 2.34. The van der Waals surface area contributed by atoms with Crippen molar-refractivity contribution in [2.75, 3.05) is 24.7 Å². The van der Waals surface area contributed by atoms with E-state index in [1.54, 1.807) is 11.8 Å². The smallest absolute Gasteiger partial charge is 0.315 e. The third-order valence-electron chi connectivity index (χ3n) is 3.01. The lowest BCUT2D eigenvalue weighted by Crippen LogP contribution is -2.53. The maximum atomic E-state index is 11.6. The van der Waals surface area contributed by atoms with Gasteiger partial charge in [-0.05, 0) is 12.8 Å². The van der Waals surface area contributed by atoms with Crippen LogP contribution in [-0.4, -0.2) is 41.3 Å². The topological polar surface area (TPSA) is 61.4 Å². The van der Waals surface area contributed by atoms with Crippen LogP contribution in [0.25, 0.3) is 0 Å². The lowest BCUT2D eigenvalue weighted by atomic mass is 9.99. The van der Waals surface area contributed by atoms with Crippen molar-refractivity contribution < 1.29 is 9.90 Å². The standard InChI is InChI=1S/C12H22N2O2S/c1-2-8-17-9-7-13-11(16)14-12(10-15)5-3-4-6-12/h2,15H,1,3-10H2,(H2,13,14,16). The number of carbonyl (C=O) groups excluding carboxylic acids is 1. The Morgan fingerprint density at radius 1 is 1.47 bits per heavy atom. The molecule has 0 aliphatic heterocycles. The van der Waals surface area contributed by atoms with Crippen LogP contribution < -0.4 is 10.6 Å². The summed E-state index contributed by atoms with van der Waals surface area (Å²) in [7, 11) is 0. The normalized spacial score (nSPS) is 17.7. The molecule has 3 N–H and O–H groups in total. The van der Waals surface area contributed by atoms with E-state index in [0.717, 1.165) is 37.2 Å². The molecule has 1 rings (SSSR count). The van der Waals surface area contributed by atoms with E-state index in [1.807, 2.05) is 6.08 Å². The minimum absolute atomic E-state index is 0.0334. The van der Waals surface area contributed by atoms with Crippen molar-refractivity contribution >= 4 is 17.8 Å². The number of nitrogens with one attached hydrogen (secondary N) is 2. The molecule has 17 heavy (non-hydrogen) atoms. The summed E-state index contributed by atoms with van der Waals surface area (Å²) in [6.45, 7) is 4.31.